The van der Waals surface area contributed by atoms with Crippen molar-refractivity contribution in [2.24, 2.45) is 4.99 Å². The van der Waals surface area contributed by atoms with E-state index < -0.39 is 0 Å². The van der Waals surface area contributed by atoms with Gasteiger partial charge in [-0.15, -0.1) is 0 Å². The number of nitrogens with zero attached hydrogens (tertiary/aromatic N) is 2. The third kappa shape index (κ3) is 4.09. The molecule has 0 unspecified atom stereocenters. The zero-order valence-electron chi connectivity index (χ0n) is 12.2. The molecule has 0 fully saturated rings. The van der Waals surface area contributed by atoms with Gasteiger partial charge in [0.25, 0.3) is 0 Å². The van der Waals surface area contributed by atoms with Crippen LogP contribution in [0, 0.1) is 6.92 Å². The standard InChI is InChI=1S/C18H20N2/c1-15-6-10-17(11-7-15)19-14-4-5-16-8-12-18(13-9-16)20(2)3/h4-14H,1-3H3/b5-4+,19-14?. The molecule has 2 aromatic rings. The van der Waals surface area contributed by atoms with E-state index >= 15 is 0 Å². The Morgan fingerprint density at radius 1 is 0.900 bits per heavy atom. The fraction of sp³-hybridized carbons (Fsp3) is 0.167. The fourth-order valence-electron chi connectivity index (χ4n) is 1.80. The normalized spacial score (nSPS) is 11.3. The Balaban J connectivity index is 1.97. The van der Waals surface area contributed by atoms with Crippen LogP contribution < -0.4 is 4.90 Å². The lowest BCUT2D eigenvalue weighted by atomic mass is 10.2. The largest absolute Gasteiger partial charge is 0.378 e. The van der Waals surface area contributed by atoms with Gasteiger partial charge < -0.3 is 4.90 Å². The van der Waals surface area contributed by atoms with Crippen LogP contribution in [0.5, 0.6) is 0 Å². The summed E-state index contributed by atoms with van der Waals surface area (Å²) in [5.74, 6) is 0. The summed E-state index contributed by atoms with van der Waals surface area (Å²) < 4.78 is 0. The highest BCUT2D eigenvalue weighted by molar-refractivity contribution is 5.80. The topological polar surface area (TPSA) is 15.6 Å². The summed E-state index contributed by atoms with van der Waals surface area (Å²) in [6, 6.07) is 16.6. The first kappa shape index (κ1) is 14.1. The Kier molecular flexibility index (Phi) is 4.72. The van der Waals surface area contributed by atoms with E-state index in [0.717, 1.165) is 5.69 Å². The van der Waals surface area contributed by atoms with Gasteiger partial charge in [0, 0.05) is 26.0 Å². The number of rotatable bonds is 4. The van der Waals surface area contributed by atoms with Crippen molar-refractivity contribution < 1.29 is 0 Å². The van der Waals surface area contributed by atoms with Crippen LogP contribution in [-0.2, 0) is 0 Å². The highest BCUT2D eigenvalue weighted by Gasteiger charge is 1.92. The minimum Gasteiger partial charge on any atom is -0.378 e. The maximum atomic E-state index is 4.39. The van der Waals surface area contributed by atoms with Crippen molar-refractivity contribution in [2.75, 3.05) is 19.0 Å². The molecule has 0 aliphatic carbocycles. The molecule has 0 radical (unpaired) electrons. The molecule has 0 aliphatic heterocycles. The second-order valence-electron chi connectivity index (χ2n) is 4.96. The summed E-state index contributed by atoms with van der Waals surface area (Å²) in [5.41, 5.74) is 4.60. The molecule has 2 rings (SSSR count). The minimum atomic E-state index is 0.975. The molecule has 0 bridgehead atoms. The van der Waals surface area contributed by atoms with Crippen LogP contribution in [-0.4, -0.2) is 20.3 Å². The van der Waals surface area contributed by atoms with E-state index in [4.69, 9.17) is 0 Å². The van der Waals surface area contributed by atoms with Crippen LogP contribution in [0.1, 0.15) is 11.1 Å². The van der Waals surface area contributed by atoms with E-state index in [0.29, 0.717) is 0 Å². The van der Waals surface area contributed by atoms with Crippen LogP contribution in [0.25, 0.3) is 6.08 Å². The van der Waals surface area contributed by atoms with Crippen LogP contribution in [0.2, 0.25) is 0 Å². The number of anilines is 1. The minimum absolute atomic E-state index is 0.975. The van der Waals surface area contributed by atoms with Crippen molar-refractivity contribution in [1.82, 2.24) is 0 Å². The van der Waals surface area contributed by atoms with Gasteiger partial charge in [-0.1, -0.05) is 35.9 Å². The SMILES string of the molecule is Cc1ccc(N=C/C=C/c2ccc(N(C)C)cc2)cc1. The van der Waals surface area contributed by atoms with Crippen molar-refractivity contribution in [3.05, 3.63) is 65.7 Å². The van der Waals surface area contributed by atoms with Crippen molar-refractivity contribution in [2.45, 2.75) is 6.92 Å². The molecule has 20 heavy (non-hydrogen) atoms. The molecule has 2 nitrogen and oxygen atoms in total. The summed E-state index contributed by atoms with van der Waals surface area (Å²) in [6.07, 6.45) is 5.84. The Morgan fingerprint density at radius 2 is 1.55 bits per heavy atom. The molecule has 0 spiro atoms. The monoisotopic (exact) mass is 264 g/mol. The molecule has 0 heterocycles. The molecule has 0 aromatic heterocycles. The molecular formula is C18H20N2. The number of benzene rings is 2. The smallest absolute Gasteiger partial charge is 0.0629 e. The van der Waals surface area contributed by atoms with Gasteiger partial charge in [-0.25, -0.2) is 0 Å². The predicted molar refractivity (Wildman–Crippen MR) is 89.1 cm³/mol. The maximum absolute atomic E-state index is 4.39. The van der Waals surface area contributed by atoms with Gasteiger partial charge in [-0.2, -0.15) is 0 Å². The number of allylic oxidation sites excluding steroid dienone is 1. The summed E-state index contributed by atoms with van der Waals surface area (Å²) in [4.78, 5) is 6.48. The average molecular weight is 264 g/mol. The molecule has 0 amide bonds. The van der Waals surface area contributed by atoms with Gasteiger partial charge in [0.15, 0.2) is 0 Å². The quantitative estimate of drug-likeness (QED) is 0.744. The van der Waals surface area contributed by atoms with Crippen LogP contribution in [0.15, 0.2) is 59.6 Å². The third-order valence-corrected chi connectivity index (χ3v) is 3.04. The fourth-order valence-corrected chi connectivity index (χ4v) is 1.80. The molecular weight excluding hydrogens is 244 g/mol. The lowest BCUT2D eigenvalue weighted by Crippen LogP contribution is -2.07. The van der Waals surface area contributed by atoms with Crippen LogP contribution in [0.3, 0.4) is 0 Å². The number of aryl methyl sites for hydroxylation is 1. The molecule has 0 N–H and O–H groups in total. The van der Waals surface area contributed by atoms with Crippen molar-refractivity contribution in [3.63, 3.8) is 0 Å². The zero-order valence-corrected chi connectivity index (χ0v) is 12.2. The predicted octanol–water partition coefficient (Wildman–Crippen LogP) is 4.48. The zero-order chi connectivity index (χ0) is 14.4. The van der Waals surface area contributed by atoms with Gasteiger partial charge in [0.05, 0.1) is 5.69 Å². The lowest BCUT2D eigenvalue weighted by Gasteiger charge is -2.11. The molecule has 0 saturated heterocycles. The Hall–Kier alpha value is -2.35. The summed E-state index contributed by atoms with van der Waals surface area (Å²) in [5, 5.41) is 0. The van der Waals surface area contributed by atoms with Gasteiger partial charge in [-0.05, 0) is 42.8 Å². The number of aliphatic imine (C=N–C) groups is 1. The molecule has 0 saturated carbocycles. The molecule has 2 aromatic carbocycles. The summed E-state index contributed by atoms with van der Waals surface area (Å²) in [7, 11) is 4.08. The lowest BCUT2D eigenvalue weighted by molar-refractivity contribution is 1.13. The highest BCUT2D eigenvalue weighted by Crippen LogP contribution is 2.14. The highest BCUT2D eigenvalue weighted by atomic mass is 15.1. The average Bonchev–Trinajstić information content (AvgIpc) is 2.46. The van der Waals surface area contributed by atoms with Gasteiger partial charge in [0.1, 0.15) is 0 Å². The Labute approximate surface area is 121 Å². The van der Waals surface area contributed by atoms with Gasteiger partial charge in [-0.3, -0.25) is 4.99 Å². The van der Waals surface area contributed by atoms with E-state index in [1.807, 2.05) is 38.5 Å². The molecule has 0 aliphatic rings. The van der Waals surface area contributed by atoms with Gasteiger partial charge in [0.2, 0.25) is 0 Å². The Morgan fingerprint density at radius 3 is 2.15 bits per heavy atom. The molecule has 2 heteroatoms. The Bertz CT molecular complexity index is 590. The first-order valence-corrected chi connectivity index (χ1v) is 6.70. The van der Waals surface area contributed by atoms with Crippen molar-refractivity contribution in [3.8, 4) is 0 Å². The second kappa shape index (κ2) is 6.71. The molecule has 102 valence electrons. The van der Waals surface area contributed by atoms with Crippen molar-refractivity contribution in [1.29, 1.82) is 0 Å². The molecule has 0 atom stereocenters. The summed E-state index contributed by atoms with van der Waals surface area (Å²) in [6.45, 7) is 2.07. The third-order valence-electron chi connectivity index (χ3n) is 3.04. The maximum Gasteiger partial charge on any atom is 0.0629 e. The second-order valence-corrected chi connectivity index (χ2v) is 4.96. The van der Waals surface area contributed by atoms with Gasteiger partial charge >= 0.3 is 0 Å². The van der Waals surface area contributed by atoms with E-state index in [1.54, 1.807) is 0 Å². The van der Waals surface area contributed by atoms with Crippen molar-refractivity contribution >= 4 is 23.7 Å². The number of hydrogen-bond acceptors (Lipinski definition) is 2. The van der Waals surface area contributed by atoms with Crippen LogP contribution in [0.4, 0.5) is 11.4 Å². The van der Waals surface area contributed by atoms with E-state index in [9.17, 15) is 0 Å². The van der Waals surface area contributed by atoms with E-state index in [2.05, 4.69) is 59.3 Å². The van der Waals surface area contributed by atoms with E-state index in [-0.39, 0.29) is 0 Å². The van der Waals surface area contributed by atoms with E-state index in [1.165, 1.54) is 16.8 Å². The summed E-state index contributed by atoms with van der Waals surface area (Å²) >= 11 is 0. The number of hydrogen-bond donors (Lipinski definition) is 0. The van der Waals surface area contributed by atoms with Crippen LogP contribution >= 0.6 is 0 Å². The first-order valence-electron chi connectivity index (χ1n) is 6.70. The first-order chi connectivity index (χ1) is 9.65.